The molecule has 3 amide bonds. The summed E-state index contributed by atoms with van der Waals surface area (Å²) in [4.78, 5) is 37.7. The third-order valence-electron chi connectivity index (χ3n) is 6.11. The summed E-state index contributed by atoms with van der Waals surface area (Å²) in [7, 11) is 0. The number of rotatable bonds is 3. The van der Waals surface area contributed by atoms with Crippen molar-refractivity contribution in [1.82, 2.24) is 10.4 Å². The van der Waals surface area contributed by atoms with Crippen LogP contribution in [0.3, 0.4) is 0 Å². The molecule has 1 N–H and O–H groups in total. The van der Waals surface area contributed by atoms with E-state index in [2.05, 4.69) is 17.6 Å². The first kappa shape index (κ1) is 14.0. The Bertz CT molecular complexity index is 736. The van der Waals surface area contributed by atoms with Crippen LogP contribution in [-0.2, 0) is 20.8 Å². The Kier molecular flexibility index (Phi) is 2.78. The first-order chi connectivity index (χ1) is 11.6. The molecule has 1 saturated heterocycles. The number of amides is 3. The van der Waals surface area contributed by atoms with E-state index in [1.807, 2.05) is 30.3 Å². The minimum atomic E-state index is -0.327. The zero-order valence-corrected chi connectivity index (χ0v) is 13.1. The smallest absolute Gasteiger partial charge is 0.252 e. The van der Waals surface area contributed by atoms with Crippen LogP contribution in [0.1, 0.15) is 12.0 Å². The summed E-state index contributed by atoms with van der Waals surface area (Å²) >= 11 is 0. The average molecular weight is 322 g/mol. The number of hydrogen-bond acceptors (Lipinski definition) is 3. The van der Waals surface area contributed by atoms with Crippen molar-refractivity contribution >= 4 is 17.7 Å². The van der Waals surface area contributed by atoms with Gasteiger partial charge in [-0.3, -0.25) is 19.8 Å². The number of hydrazine groups is 1. The van der Waals surface area contributed by atoms with Crippen LogP contribution in [0.4, 0.5) is 0 Å². The Hall–Kier alpha value is -2.43. The number of carbonyl (C=O) groups excluding carboxylic acids is 3. The largest absolute Gasteiger partial charge is 0.273 e. The molecule has 2 bridgehead atoms. The van der Waals surface area contributed by atoms with E-state index in [-0.39, 0.29) is 47.8 Å². The first-order valence-corrected chi connectivity index (χ1v) is 8.54. The van der Waals surface area contributed by atoms with Gasteiger partial charge in [0, 0.05) is 0 Å². The van der Waals surface area contributed by atoms with E-state index >= 15 is 0 Å². The van der Waals surface area contributed by atoms with Crippen LogP contribution in [0.5, 0.6) is 0 Å². The van der Waals surface area contributed by atoms with Gasteiger partial charge in [0.1, 0.15) is 0 Å². The molecule has 0 unspecified atom stereocenters. The number of imide groups is 1. The van der Waals surface area contributed by atoms with Crippen LogP contribution < -0.4 is 5.43 Å². The van der Waals surface area contributed by atoms with E-state index in [9.17, 15) is 14.4 Å². The quantitative estimate of drug-likeness (QED) is 0.674. The highest BCUT2D eigenvalue weighted by atomic mass is 16.2. The maximum atomic E-state index is 12.7. The molecule has 6 atom stereocenters. The summed E-state index contributed by atoms with van der Waals surface area (Å²) in [6.07, 6.45) is 5.54. The standard InChI is InChI=1S/C19H18N2O3/c22-15(8-10-4-2-1-3-5-10)20-21-18(23)16-11-6-7-12(14-9-13(11)14)17(16)19(21)24/h1-7,11-14,16-17H,8-9H2,(H,20,22)/t11-,12-,13-,14+,16-,17-/m1/s1. The number of benzene rings is 1. The minimum absolute atomic E-state index is 0.156. The second kappa shape index (κ2) is 4.79. The molecule has 1 aliphatic heterocycles. The van der Waals surface area contributed by atoms with Crippen LogP contribution in [0.2, 0.25) is 0 Å². The van der Waals surface area contributed by atoms with Gasteiger partial charge >= 0.3 is 0 Å². The van der Waals surface area contributed by atoms with Gasteiger partial charge in [0.2, 0.25) is 5.91 Å². The highest BCUT2D eigenvalue weighted by molar-refractivity contribution is 6.07. The van der Waals surface area contributed by atoms with Crippen molar-refractivity contribution < 1.29 is 14.4 Å². The molecule has 6 rings (SSSR count). The fourth-order valence-corrected chi connectivity index (χ4v) is 5.01. The summed E-state index contributed by atoms with van der Waals surface area (Å²) < 4.78 is 0. The van der Waals surface area contributed by atoms with Gasteiger partial charge in [-0.2, -0.15) is 5.01 Å². The predicted molar refractivity (Wildman–Crippen MR) is 84.8 cm³/mol. The predicted octanol–water partition coefficient (Wildman–Crippen LogP) is 1.31. The van der Waals surface area contributed by atoms with E-state index < -0.39 is 0 Å². The van der Waals surface area contributed by atoms with Gasteiger partial charge in [-0.15, -0.1) is 0 Å². The van der Waals surface area contributed by atoms with Crippen molar-refractivity contribution in [2.24, 2.45) is 35.5 Å². The molecule has 1 aromatic rings. The Labute approximate surface area is 139 Å². The Morgan fingerprint density at radius 2 is 1.58 bits per heavy atom. The molecule has 122 valence electrons. The zero-order chi connectivity index (χ0) is 16.4. The number of nitrogens with zero attached hydrogens (tertiary/aromatic N) is 1. The monoisotopic (exact) mass is 322 g/mol. The van der Waals surface area contributed by atoms with Gasteiger partial charge in [0.15, 0.2) is 0 Å². The number of carbonyl (C=O) groups is 3. The second-order valence-electron chi connectivity index (χ2n) is 7.36. The molecule has 5 heteroatoms. The fourth-order valence-electron chi connectivity index (χ4n) is 5.01. The van der Waals surface area contributed by atoms with Crippen molar-refractivity contribution in [2.45, 2.75) is 12.8 Å². The SMILES string of the molecule is O=C(Cc1ccccc1)NN1C(=O)[C@@H]2[C@@H]3C=C[C@H]([C@@H]4C[C@H]34)[C@H]2C1=O. The molecular formula is C19H18N2O3. The summed E-state index contributed by atoms with van der Waals surface area (Å²) in [5.74, 6) is 0.173. The van der Waals surface area contributed by atoms with E-state index in [0.29, 0.717) is 11.8 Å². The van der Waals surface area contributed by atoms with Crippen LogP contribution in [0, 0.1) is 35.5 Å². The molecule has 5 aliphatic rings. The van der Waals surface area contributed by atoms with Crippen molar-refractivity contribution in [2.75, 3.05) is 0 Å². The van der Waals surface area contributed by atoms with Crippen LogP contribution in [-0.4, -0.2) is 22.7 Å². The van der Waals surface area contributed by atoms with Crippen LogP contribution in [0.25, 0.3) is 0 Å². The summed E-state index contributed by atoms with van der Waals surface area (Å²) in [6, 6.07) is 9.31. The molecule has 0 aromatic heterocycles. The van der Waals surface area contributed by atoms with Gasteiger partial charge < -0.3 is 0 Å². The maximum absolute atomic E-state index is 12.7. The van der Waals surface area contributed by atoms with E-state index in [0.717, 1.165) is 17.0 Å². The molecule has 24 heavy (non-hydrogen) atoms. The normalized spacial score (nSPS) is 38.1. The van der Waals surface area contributed by atoms with E-state index in [4.69, 9.17) is 0 Å². The Balaban J connectivity index is 1.34. The van der Waals surface area contributed by atoms with Crippen LogP contribution in [0.15, 0.2) is 42.5 Å². The highest BCUT2D eigenvalue weighted by Gasteiger charge is 2.67. The molecular weight excluding hydrogens is 304 g/mol. The van der Waals surface area contributed by atoms with Crippen molar-refractivity contribution in [3.8, 4) is 0 Å². The molecule has 1 heterocycles. The second-order valence-corrected chi connectivity index (χ2v) is 7.36. The number of hydrogen-bond donors (Lipinski definition) is 1. The first-order valence-electron chi connectivity index (χ1n) is 8.54. The van der Waals surface area contributed by atoms with E-state index in [1.54, 1.807) is 0 Å². The molecule has 4 aliphatic carbocycles. The Morgan fingerprint density at radius 1 is 1.00 bits per heavy atom. The van der Waals surface area contributed by atoms with Gasteiger partial charge in [-0.1, -0.05) is 42.5 Å². The summed E-state index contributed by atoms with van der Waals surface area (Å²) in [6.45, 7) is 0. The molecule has 5 nitrogen and oxygen atoms in total. The molecule has 3 fully saturated rings. The highest BCUT2D eigenvalue weighted by Crippen LogP contribution is 2.65. The lowest BCUT2D eigenvalue weighted by molar-refractivity contribution is -0.149. The van der Waals surface area contributed by atoms with Crippen LogP contribution >= 0.6 is 0 Å². The summed E-state index contributed by atoms with van der Waals surface area (Å²) in [5.41, 5.74) is 3.41. The fraction of sp³-hybridized carbons (Fsp3) is 0.421. The lowest BCUT2D eigenvalue weighted by atomic mass is 9.63. The minimum Gasteiger partial charge on any atom is -0.273 e. The van der Waals surface area contributed by atoms with Gasteiger partial charge in [-0.05, 0) is 35.7 Å². The van der Waals surface area contributed by atoms with Gasteiger partial charge in [0.05, 0.1) is 18.3 Å². The van der Waals surface area contributed by atoms with Gasteiger partial charge in [0.25, 0.3) is 11.8 Å². The Morgan fingerprint density at radius 3 is 2.17 bits per heavy atom. The van der Waals surface area contributed by atoms with Gasteiger partial charge in [-0.25, -0.2) is 0 Å². The molecule has 0 spiro atoms. The van der Waals surface area contributed by atoms with Crippen molar-refractivity contribution in [1.29, 1.82) is 0 Å². The lowest BCUT2D eigenvalue weighted by Gasteiger charge is -2.37. The van der Waals surface area contributed by atoms with Crippen molar-refractivity contribution in [3.63, 3.8) is 0 Å². The number of allylic oxidation sites excluding steroid dienone is 2. The third kappa shape index (κ3) is 1.84. The molecule has 1 aromatic carbocycles. The van der Waals surface area contributed by atoms with Crippen molar-refractivity contribution in [3.05, 3.63) is 48.0 Å². The summed E-state index contributed by atoms with van der Waals surface area (Å²) in [5, 5.41) is 0.998. The number of nitrogens with one attached hydrogen (secondary N) is 1. The maximum Gasteiger partial charge on any atom is 0.252 e. The van der Waals surface area contributed by atoms with E-state index in [1.165, 1.54) is 0 Å². The average Bonchev–Trinajstić information content (AvgIpc) is 3.37. The lowest BCUT2D eigenvalue weighted by Crippen LogP contribution is -2.47. The zero-order valence-electron chi connectivity index (χ0n) is 13.1. The topological polar surface area (TPSA) is 66.5 Å². The third-order valence-corrected chi connectivity index (χ3v) is 6.11. The molecule has 0 radical (unpaired) electrons. The molecule has 2 saturated carbocycles.